The zero-order valence-electron chi connectivity index (χ0n) is 16.1. The van der Waals surface area contributed by atoms with Crippen LogP contribution in [0.3, 0.4) is 0 Å². The van der Waals surface area contributed by atoms with Gasteiger partial charge in [0.1, 0.15) is 5.75 Å². The number of hydrogen-bond acceptors (Lipinski definition) is 5. The predicted molar refractivity (Wildman–Crippen MR) is 106 cm³/mol. The van der Waals surface area contributed by atoms with Crippen LogP contribution in [0.5, 0.6) is 17.2 Å². The summed E-state index contributed by atoms with van der Waals surface area (Å²) in [4.78, 5) is 25.9. The van der Waals surface area contributed by atoms with E-state index in [4.69, 9.17) is 14.2 Å². The normalized spacial score (nSPS) is 13.4. The maximum atomic E-state index is 12.3. The van der Waals surface area contributed by atoms with E-state index < -0.39 is 0 Å². The van der Waals surface area contributed by atoms with Crippen molar-refractivity contribution in [3.8, 4) is 17.2 Å². The zero-order valence-corrected chi connectivity index (χ0v) is 16.1. The van der Waals surface area contributed by atoms with Crippen LogP contribution in [0.25, 0.3) is 0 Å². The van der Waals surface area contributed by atoms with E-state index in [1.807, 2.05) is 19.1 Å². The van der Waals surface area contributed by atoms with Crippen molar-refractivity contribution in [1.29, 1.82) is 0 Å². The molecule has 0 unspecified atom stereocenters. The highest BCUT2D eigenvalue weighted by Gasteiger charge is 2.24. The van der Waals surface area contributed by atoms with Gasteiger partial charge in [0.15, 0.2) is 18.1 Å². The van der Waals surface area contributed by atoms with E-state index in [-0.39, 0.29) is 18.4 Å². The van der Waals surface area contributed by atoms with Gasteiger partial charge in [0.25, 0.3) is 5.91 Å². The summed E-state index contributed by atoms with van der Waals surface area (Å²) in [6.07, 6.45) is 1.38. The highest BCUT2D eigenvalue weighted by molar-refractivity contribution is 5.98. The number of amides is 2. The lowest BCUT2D eigenvalue weighted by molar-refractivity contribution is -0.118. The van der Waals surface area contributed by atoms with E-state index in [1.165, 1.54) is 0 Å². The molecule has 2 aromatic rings. The topological polar surface area (TPSA) is 77.1 Å². The first kappa shape index (κ1) is 19.5. The molecule has 28 heavy (non-hydrogen) atoms. The number of carbonyl (C=O) groups excluding carboxylic acids is 2. The Hall–Kier alpha value is -3.22. The van der Waals surface area contributed by atoms with E-state index in [2.05, 4.69) is 5.32 Å². The van der Waals surface area contributed by atoms with Crippen molar-refractivity contribution in [3.05, 3.63) is 42.5 Å². The van der Waals surface area contributed by atoms with Gasteiger partial charge < -0.3 is 24.4 Å². The molecule has 7 heteroatoms. The summed E-state index contributed by atoms with van der Waals surface area (Å²) in [7, 11) is 1.54. The van der Waals surface area contributed by atoms with Gasteiger partial charge in [-0.25, -0.2) is 0 Å². The van der Waals surface area contributed by atoms with Crippen LogP contribution < -0.4 is 24.4 Å². The average Bonchev–Trinajstić information content (AvgIpc) is 3.13. The number of methoxy groups -OCH3 is 1. The fourth-order valence-electron chi connectivity index (χ4n) is 3.07. The second-order valence-electron chi connectivity index (χ2n) is 6.25. The third-order valence-corrected chi connectivity index (χ3v) is 4.34. The molecular formula is C21H24N2O5. The molecule has 2 aromatic carbocycles. The molecule has 0 atom stereocenters. The molecule has 0 saturated carbocycles. The highest BCUT2D eigenvalue weighted by Crippen LogP contribution is 2.34. The summed E-state index contributed by atoms with van der Waals surface area (Å²) in [5.41, 5.74) is 1.28. The standard InChI is InChI=1S/C21H24N2O5/c1-3-27-17-7-4-5-8-18(17)28-14-20(24)22-15-10-11-16(19(13-15)26-2)23-12-6-9-21(23)25/h4-5,7-8,10-11,13H,3,6,9,12,14H2,1-2H3,(H,22,24). The first-order chi connectivity index (χ1) is 13.6. The minimum Gasteiger partial charge on any atom is -0.494 e. The van der Waals surface area contributed by atoms with Gasteiger partial charge in [0, 0.05) is 24.7 Å². The van der Waals surface area contributed by atoms with Gasteiger partial charge >= 0.3 is 0 Å². The molecular weight excluding hydrogens is 360 g/mol. The molecule has 1 saturated heterocycles. The van der Waals surface area contributed by atoms with Crippen LogP contribution in [0.15, 0.2) is 42.5 Å². The van der Waals surface area contributed by atoms with Crippen LogP contribution in [0.2, 0.25) is 0 Å². The molecule has 1 heterocycles. The number of rotatable bonds is 8. The molecule has 0 bridgehead atoms. The molecule has 1 aliphatic rings. The lowest BCUT2D eigenvalue weighted by atomic mass is 10.2. The SMILES string of the molecule is CCOc1ccccc1OCC(=O)Nc1ccc(N2CCCC2=O)c(OC)c1. The minimum atomic E-state index is -0.307. The van der Waals surface area contributed by atoms with E-state index in [1.54, 1.807) is 42.3 Å². The van der Waals surface area contributed by atoms with Gasteiger partial charge in [0.05, 0.1) is 19.4 Å². The Morgan fingerprint density at radius 2 is 1.86 bits per heavy atom. The van der Waals surface area contributed by atoms with Crippen molar-refractivity contribution in [3.63, 3.8) is 0 Å². The molecule has 148 valence electrons. The van der Waals surface area contributed by atoms with Crippen molar-refractivity contribution in [2.24, 2.45) is 0 Å². The monoisotopic (exact) mass is 384 g/mol. The fourth-order valence-corrected chi connectivity index (χ4v) is 3.07. The molecule has 2 amide bonds. The second-order valence-corrected chi connectivity index (χ2v) is 6.25. The van der Waals surface area contributed by atoms with Gasteiger partial charge in [0.2, 0.25) is 5.91 Å². The number of hydrogen-bond donors (Lipinski definition) is 1. The van der Waals surface area contributed by atoms with E-state index in [0.717, 1.165) is 6.42 Å². The molecule has 7 nitrogen and oxygen atoms in total. The van der Waals surface area contributed by atoms with Crippen molar-refractivity contribution in [2.75, 3.05) is 37.1 Å². The van der Waals surface area contributed by atoms with Gasteiger partial charge in [-0.1, -0.05) is 12.1 Å². The summed E-state index contributed by atoms with van der Waals surface area (Å²) in [5, 5.41) is 2.78. The van der Waals surface area contributed by atoms with Crippen molar-refractivity contribution in [2.45, 2.75) is 19.8 Å². The number of nitrogens with zero attached hydrogens (tertiary/aromatic N) is 1. The Labute approximate surface area is 164 Å². The predicted octanol–water partition coefficient (Wildman–Crippen LogP) is 3.24. The van der Waals surface area contributed by atoms with Crippen molar-refractivity contribution in [1.82, 2.24) is 0 Å². The number of carbonyl (C=O) groups is 2. The summed E-state index contributed by atoms with van der Waals surface area (Å²) in [6, 6.07) is 12.4. The Kier molecular flexibility index (Phi) is 6.37. The Morgan fingerprint density at radius 3 is 2.50 bits per heavy atom. The summed E-state index contributed by atoms with van der Waals surface area (Å²) < 4.78 is 16.5. The van der Waals surface area contributed by atoms with Crippen molar-refractivity contribution >= 4 is 23.2 Å². The largest absolute Gasteiger partial charge is 0.494 e. The molecule has 3 rings (SSSR count). The summed E-state index contributed by atoms with van der Waals surface area (Å²) in [6.45, 7) is 2.92. The number of para-hydroxylation sites is 2. The van der Waals surface area contributed by atoms with Crippen LogP contribution in [-0.4, -0.2) is 38.7 Å². The number of anilines is 2. The molecule has 0 radical (unpaired) electrons. The van der Waals surface area contributed by atoms with Crippen molar-refractivity contribution < 1.29 is 23.8 Å². The van der Waals surface area contributed by atoms with Gasteiger partial charge in [-0.15, -0.1) is 0 Å². The number of ether oxygens (including phenoxy) is 3. The first-order valence-corrected chi connectivity index (χ1v) is 9.25. The molecule has 0 aromatic heterocycles. The third kappa shape index (κ3) is 4.54. The molecule has 1 aliphatic heterocycles. The van der Waals surface area contributed by atoms with Crippen LogP contribution in [-0.2, 0) is 9.59 Å². The Bertz CT molecular complexity index is 852. The molecule has 1 fully saturated rings. The van der Waals surface area contributed by atoms with Gasteiger partial charge in [-0.3, -0.25) is 9.59 Å². The first-order valence-electron chi connectivity index (χ1n) is 9.25. The summed E-state index contributed by atoms with van der Waals surface area (Å²) >= 11 is 0. The van der Waals surface area contributed by atoms with Gasteiger partial charge in [-0.2, -0.15) is 0 Å². The Morgan fingerprint density at radius 1 is 1.11 bits per heavy atom. The molecule has 1 N–H and O–H groups in total. The van der Waals surface area contributed by atoms with Crippen LogP contribution in [0.4, 0.5) is 11.4 Å². The van der Waals surface area contributed by atoms with Crippen LogP contribution in [0, 0.1) is 0 Å². The van der Waals surface area contributed by atoms with E-state index >= 15 is 0 Å². The molecule has 0 spiro atoms. The summed E-state index contributed by atoms with van der Waals surface area (Å²) in [5.74, 6) is 1.42. The average molecular weight is 384 g/mol. The highest BCUT2D eigenvalue weighted by atomic mass is 16.5. The lowest BCUT2D eigenvalue weighted by Gasteiger charge is -2.19. The quantitative estimate of drug-likeness (QED) is 0.756. The fraction of sp³-hybridized carbons (Fsp3) is 0.333. The maximum Gasteiger partial charge on any atom is 0.262 e. The van der Waals surface area contributed by atoms with Gasteiger partial charge in [-0.05, 0) is 37.6 Å². The second kappa shape index (κ2) is 9.12. The van der Waals surface area contributed by atoms with E-state index in [9.17, 15) is 9.59 Å². The van der Waals surface area contributed by atoms with E-state index in [0.29, 0.717) is 48.2 Å². The lowest BCUT2D eigenvalue weighted by Crippen LogP contribution is -2.24. The maximum absolute atomic E-state index is 12.3. The van der Waals surface area contributed by atoms with Crippen LogP contribution in [0.1, 0.15) is 19.8 Å². The zero-order chi connectivity index (χ0) is 19.9. The number of nitrogens with one attached hydrogen (secondary N) is 1. The molecule has 0 aliphatic carbocycles. The Balaban J connectivity index is 1.63. The minimum absolute atomic E-state index is 0.0800. The smallest absolute Gasteiger partial charge is 0.262 e. The number of benzene rings is 2. The third-order valence-electron chi connectivity index (χ3n) is 4.34. The van der Waals surface area contributed by atoms with Crippen LogP contribution >= 0.6 is 0 Å².